The van der Waals surface area contributed by atoms with E-state index >= 15 is 0 Å². The molecule has 4 nitrogen and oxygen atoms in total. The number of aliphatic hydroxyl groups is 1. The van der Waals surface area contributed by atoms with Gasteiger partial charge in [0.25, 0.3) is 0 Å². The standard InChI is InChI=1S/C12H25NO3S/c1-16-7-6-13-8-12(14)10-17(15)9-11-4-2-3-5-11/h11-14H,2-10H2,1H3. The van der Waals surface area contributed by atoms with Crippen LogP contribution in [-0.4, -0.2) is 53.7 Å². The molecule has 1 saturated carbocycles. The second-order valence-corrected chi connectivity index (χ2v) is 6.32. The summed E-state index contributed by atoms with van der Waals surface area (Å²) in [6, 6.07) is 0. The molecule has 0 aromatic heterocycles. The van der Waals surface area contributed by atoms with Crippen molar-refractivity contribution in [3.05, 3.63) is 0 Å². The summed E-state index contributed by atoms with van der Waals surface area (Å²) in [5.74, 6) is 1.80. The first-order valence-electron chi connectivity index (χ1n) is 6.45. The summed E-state index contributed by atoms with van der Waals surface area (Å²) in [5, 5.41) is 12.8. The number of methoxy groups -OCH3 is 1. The lowest BCUT2D eigenvalue weighted by Crippen LogP contribution is -2.33. The summed E-state index contributed by atoms with van der Waals surface area (Å²) < 4.78 is 16.7. The molecule has 1 fully saturated rings. The van der Waals surface area contributed by atoms with Crippen LogP contribution in [-0.2, 0) is 15.5 Å². The molecule has 0 aromatic carbocycles. The Balaban J connectivity index is 2.03. The van der Waals surface area contributed by atoms with Crippen molar-refractivity contribution in [2.45, 2.75) is 31.8 Å². The molecule has 0 aliphatic heterocycles. The maximum absolute atomic E-state index is 11.8. The minimum atomic E-state index is -0.868. The molecule has 0 radical (unpaired) electrons. The maximum Gasteiger partial charge on any atom is 0.0779 e. The average Bonchev–Trinajstić information content (AvgIpc) is 2.77. The molecule has 0 spiro atoms. The van der Waals surface area contributed by atoms with Gasteiger partial charge in [-0.2, -0.15) is 0 Å². The molecule has 2 N–H and O–H groups in total. The summed E-state index contributed by atoms with van der Waals surface area (Å²) in [6.07, 6.45) is 4.49. The second-order valence-electron chi connectivity index (χ2n) is 4.77. The number of hydrogen-bond donors (Lipinski definition) is 2. The normalized spacial score (nSPS) is 20.6. The van der Waals surface area contributed by atoms with E-state index in [1.54, 1.807) is 7.11 Å². The van der Waals surface area contributed by atoms with Gasteiger partial charge in [0, 0.05) is 36.8 Å². The molecule has 0 saturated heterocycles. The second kappa shape index (κ2) is 9.03. The highest BCUT2D eigenvalue weighted by atomic mass is 32.2. The van der Waals surface area contributed by atoms with E-state index in [0.29, 0.717) is 24.8 Å². The minimum absolute atomic E-state index is 0.399. The highest BCUT2D eigenvalue weighted by molar-refractivity contribution is 7.85. The summed E-state index contributed by atoms with van der Waals surface area (Å²) in [5.41, 5.74) is 0. The highest BCUT2D eigenvalue weighted by Gasteiger charge is 2.19. The van der Waals surface area contributed by atoms with Crippen molar-refractivity contribution in [1.29, 1.82) is 0 Å². The van der Waals surface area contributed by atoms with Gasteiger partial charge in [-0.1, -0.05) is 12.8 Å². The molecule has 1 rings (SSSR count). The molecule has 5 heteroatoms. The molecule has 1 aliphatic carbocycles. The predicted molar refractivity (Wildman–Crippen MR) is 70.6 cm³/mol. The Bertz CT molecular complexity index is 220. The van der Waals surface area contributed by atoms with E-state index in [0.717, 1.165) is 12.3 Å². The fourth-order valence-corrected chi connectivity index (χ4v) is 3.77. The zero-order valence-electron chi connectivity index (χ0n) is 10.7. The third-order valence-corrected chi connectivity index (χ3v) is 4.74. The van der Waals surface area contributed by atoms with Gasteiger partial charge in [-0.25, -0.2) is 0 Å². The Morgan fingerprint density at radius 3 is 2.82 bits per heavy atom. The van der Waals surface area contributed by atoms with Gasteiger partial charge in [-0.05, 0) is 18.8 Å². The van der Waals surface area contributed by atoms with Crippen LogP contribution >= 0.6 is 0 Å². The van der Waals surface area contributed by atoms with Crippen molar-refractivity contribution in [2.75, 3.05) is 38.3 Å². The largest absolute Gasteiger partial charge is 0.391 e. The number of aliphatic hydroxyl groups excluding tert-OH is 1. The van der Waals surface area contributed by atoms with Crippen molar-refractivity contribution in [3.8, 4) is 0 Å². The maximum atomic E-state index is 11.8. The highest BCUT2D eigenvalue weighted by Crippen LogP contribution is 2.25. The Morgan fingerprint density at radius 2 is 2.18 bits per heavy atom. The van der Waals surface area contributed by atoms with Gasteiger partial charge >= 0.3 is 0 Å². The lowest BCUT2D eigenvalue weighted by atomic mass is 10.1. The van der Waals surface area contributed by atoms with E-state index < -0.39 is 16.9 Å². The van der Waals surface area contributed by atoms with Gasteiger partial charge in [-0.15, -0.1) is 0 Å². The van der Waals surface area contributed by atoms with E-state index in [1.807, 2.05) is 0 Å². The van der Waals surface area contributed by atoms with E-state index in [9.17, 15) is 9.32 Å². The molecule has 17 heavy (non-hydrogen) atoms. The van der Waals surface area contributed by atoms with E-state index in [2.05, 4.69) is 5.32 Å². The van der Waals surface area contributed by atoms with E-state index in [-0.39, 0.29) is 0 Å². The number of hydrogen-bond acceptors (Lipinski definition) is 4. The molecule has 0 bridgehead atoms. The van der Waals surface area contributed by atoms with Crippen LogP contribution in [0.4, 0.5) is 0 Å². The molecule has 1 aliphatic rings. The van der Waals surface area contributed by atoms with Crippen molar-refractivity contribution >= 4 is 10.8 Å². The molecule has 0 heterocycles. The summed E-state index contributed by atoms with van der Waals surface area (Å²) >= 11 is 0. The van der Waals surface area contributed by atoms with Crippen LogP contribution in [0.5, 0.6) is 0 Å². The molecule has 102 valence electrons. The van der Waals surface area contributed by atoms with Crippen LogP contribution in [0.1, 0.15) is 25.7 Å². The molecule has 0 aromatic rings. The number of rotatable bonds is 9. The molecule has 2 atom stereocenters. The summed E-state index contributed by atoms with van der Waals surface area (Å²) in [6.45, 7) is 1.86. The van der Waals surface area contributed by atoms with Crippen LogP contribution in [0, 0.1) is 5.92 Å². The van der Waals surface area contributed by atoms with Gasteiger partial charge in [0.05, 0.1) is 18.5 Å². The zero-order chi connectivity index (χ0) is 12.5. The van der Waals surface area contributed by atoms with Crippen molar-refractivity contribution in [1.82, 2.24) is 5.32 Å². The van der Waals surface area contributed by atoms with Gasteiger partial charge in [0.1, 0.15) is 0 Å². The van der Waals surface area contributed by atoms with Crippen LogP contribution in [0.2, 0.25) is 0 Å². The van der Waals surface area contributed by atoms with Crippen LogP contribution in [0.3, 0.4) is 0 Å². The Labute approximate surface area is 107 Å². The first-order chi connectivity index (χ1) is 8.22. The monoisotopic (exact) mass is 263 g/mol. The van der Waals surface area contributed by atoms with Crippen molar-refractivity contribution in [3.63, 3.8) is 0 Å². The molecule has 0 amide bonds. The van der Waals surface area contributed by atoms with Gasteiger partial charge < -0.3 is 15.2 Å². The lowest BCUT2D eigenvalue weighted by Gasteiger charge is -2.13. The van der Waals surface area contributed by atoms with Crippen molar-refractivity contribution < 1.29 is 14.1 Å². The summed E-state index contributed by atoms with van der Waals surface area (Å²) in [7, 11) is 0.779. The van der Waals surface area contributed by atoms with Gasteiger partial charge in [0.15, 0.2) is 0 Å². The SMILES string of the molecule is COCCNCC(O)CS(=O)CC1CCCC1. The van der Waals surface area contributed by atoms with Gasteiger partial charge in [0.2, 0.25) is 0 Å². The zero-order valence-corrected chi connectivity index (χ0v) is 11.5. The number of nitrogens with one attached hydrogen (secondary N) is 1. The average molecular weight is 263 g/mol. The third-order valence-electron chi connectivity index (χ3n) is 3.14. The number of ether oxygens (including phenoxy) is 1. The first kappa shape index (κ1) is 15.1. The van der Waals surface area contributed by atoms with Crippen LogP contribution in [0.25, 0.3) is 0 Å². The Kier molecular flexibility index (Phi) is 8.01. The fourth-order valence-electron chi connectivity index (χ4n) is 2.22. The minimum Gasteiger partial charge on any atom is -0.391 e. The quantitative estimate of drug-likeness (QED) is 0.596. The summed E-state index contributed by atoms with van der Waals surface area (Å²) in [4.78, 5) is 0. The van der Waals surface area contributed by atoms with Crippen LogP contribution in [0.15, 0.2) is 0 Å². The molecular weight excluding hydrogens is 238 g/mol. The topological polar surface area (TPSA) is 58.6 Å². The van der Waals surface area contributed by atoms with Crippen molar-refractivity contribution in [2.24, 2.45) is 5.92 Å². The third kappa shape index (κ3) is 7.13. The lowest BCUT2D eigenvalue weighted by molar-refractivity contribution is 0.174. The smallest absolute Gasteiger partial charge is 0.0779 e. The predicted octanol–water partition coefficient (Wildman–Crippen LogP) is 0.522. The van der Waals surface area contributed by atoms with E-state index in [1.165, 1.54) is 25.7 Å². The van der Waals surface area contributed by atoms with E-state index in [4.69, 9.17) is 4.74 Å². The Hall–Kier alpha value is 0.0300. The Morgan fingerprint density at radius 1 is 1.47 bits per heavy atom. The first-order valence-corrected chi connectivity index (χ1v) is 7.94. The van der Waals surface area contributed by atoms with Crippen LogP contribution < -0.4 is 5.32 Å². The molecule has 2 unspecified atom stereocenters. The van der Waals surface area contributed by atoms with Gasteiger partial charge in [-0.3, -0.25) is 4.21 Å². The molecular formula is C12H25NO3S. The fraction of sp³-hybridized carbons (Fsp3) is 1.00.